The predicted molar refractivity (Wildman–Crippen MR) is 102 cm³/mol. The van der Waals surface area contributed by atoms with Crippen molar-refractivity contribution in [3.8, 4) is 0 Å². The molecule has 19 heteroatoms. The van der Waals surface area contributed by atoms with E-state index in [1.807, 2.05) is 0 Å². The summed E-state index contributed by atoms with van der Waals surface area (Å²) >= 11 is -4.77. The first-order valence-corrected chi connectivity index (χ1v) is 12.5. The van der Waals surface area contributed by atoms with Crippen molar-refractivity contribution in [1.29, 1.82) is 0 Å². The average Bonchev–Trinajstić information content (AvgIpc) is 2.88. The number of aromatic nitrogens is 3. The van der Waals surface area contributed by atoms with Crippen molar-refractivity contribution in [3.63, 3.8) is 0 Å². The molecule has 0 saturated heterocycles. The summed E-state index contributed by atoms with van der Waals surface area (Å²) in [5, 5.41) is 33.0. The summed E-state index contributed by atoms with van der Waals surface area (Å²) in [7, 11) is 0. The minimum Gasteiger partial charge on any atom is 1.00 e. The molecule has 0 aromatic carbocycles. The Kier molecular flexibility index (Phi) is 17.9. The van der Waals surface area contributed by atoms with Crippen molar-refractivity contribution in [2.75, 3.05) is 0 Å². The Hall–Kier alpha value is -1.15. The quantitative estimate of drug-likeness (QED) is 0.187. The van der Waals surface area contributed by atoms with Crippen LogP contribution in [0.5, 0.6) is 0 Å². The van der Waals surface area contributed by atoms with Crippen LogP contribution in [0.4, 0.5) is 0 Å². The van der Waals surface area contributed by atoms with Crippen LogP contribution in [0, 0.1) is 44.3 Å². The number of aromatic carboxylic acids is 3. The van der Waals surface area contributed by atoms with Crippen molar-refractivity contribution in [2.45, 2.75) is 0 Å². The van der Waals surface area contributed by atoms with Gasteiger partial charge in [-0.15, -0.1) is 0 Å². The molecule has 3 rings (SSSR count). The van der Waals surface area contributed by atoms with Crippen LogP contribution >= 0.6 is 0 Å². The van der Waals surface area contributed by atoms with Crippen molar-refractivity contribution in [1.82, 2.24) is 15.0 Å². The van der Waals surface area contributed by atoms with Crippen molar-refractivity contribution in [3.05, 3.63) is 88.8 Å². The smallest absolute Gasteiger partial charge is 1.00 e. The first kappa shape index (κ1) is 38.9. The number of carbonyl (C=O) groups is 6. The van der Waals surface area contributed by atoms with E-state index in [0.717, 1.165) is 54.6 Å². The van der Waals surface area contributed by atoms with Gasteiger partial charge in [0.2, 0.25) is 0 Å². The van der Waals surface area contributed by atoms with Crippen molar-refractivity contribution < 1.29 is 177 Å². The number of nitrogens with zero attached hydrogens (tertiary/aromatic N) is 3. The van der Waals surface area contributed by atoms with E-state index in [-0.39, 0.29) is 88.7 Å². The summed E-state index contributed by atoms with van der Waals surface area (Å²) in [6.07, 6.45) is 0. The van der Waals surface area contributed by atoms with Crippen molar-refractivity contribution >= 4 is 35.8 Å². The minimum atomic E-state index is -4.77. The number of hydrogen-bond acceptors (Lipinski definition) is 15. The molecular formula is C21H9EuN3Na3O12. The zero-order valence-corrected chi connectivity index (χ0v) is 29.2. The summed E-state index contributed by atoms with van der Waals surface area (Å²) in [6, 6.07) is 9.63. The molecule has 0 N–H and O–H groups in total. The third kappa shape index (κ3) is 11.3. The second-order valence-electron chi connectivity index (χ2n) is 6.37. The van der Waals surface area contributed by atoms with Crippen LogP contribution in [0.3, 0.4) is 0 Å². The van der Waals surface area contributed by atoms with E-state index < -0.39 is 114 Å². The van der Waals surface area contributed by atoms with Gasteiger partial charge in [0.15, 0.2) is 0 Å². The largest absolute Gasteiger partial charge is 1.00 e. The molecule has 0 fully saturated rings. The van der Waals surface area contributed by atoms with Gasteiger partial charge in [0.25, 0.3) is 0 Å². The van der Waals surface area contributed by atoms with E-state index in [1.54, 1.807) is 0 Å². The number of hydrogen-bond donors (Lipinski definition) is 0. The Morgan fingerprint density at radius 1 is 0.475 bits per heavy atom. The zero-order chi connectivity index (χ0) is 27.1. The molecule has 3 aromatic rings. The number of rotatable bonds is 9. The summed E-state index contributed by atoms with van der Waals surface area (Å²) in [6.45, 7) is 0. The molecule has 0 unspecified atom stereocenters. The van der Waals surface area contributed by atoms with E-state index >= 15 is 0 Å². The molecule has 190 valence electrons. The summed E-state index contributed by atoms with van der Waals surface area (Å²) in [5.74, 6) is -9.16. The van der Waals surface area contributed by atoms with Gasteiger partial charge in [-0.2, -0.15) is 0 Å². The van der Waals surface area contributed by atoms with Crippen LogP contribution in [0.15, 0.2) is 54.6 Å². The Morgan fingerprint density at radius 2 is 0.700 bits per heavy atom. The van der Waals surface area contributed by atoms with E-state index in [9.17, 15) is 44.1 Å². The first-order chi connectivity index (χ1) is 17.5. The molecule has 40 heavy (non-hydrogen) atoms. The van der Waals surface area contributed by atoms with E-state index in [2.05, 4.69) is 15.0 Å². The van der Waals surface area contributed by atoms with Gasteiger partial charge in [-0.25, -0.2) is 0 Å². The van der Waals surface area contributed by atoms with Gasteiger partial charge >= 0.3 is 317 Å². The summed E-state index contributed by atoms with van der Waals surface area (Å²) in [4.78, 5) is 81.0. The van der Waals surface area contributed by atoms with Crippen LogP contribution in [0.25, 0.3) is 0 Å². The Balaban J connectivity index is 0.00000507. The SMILES string of the molecule is O=C([O-])c1cccc(C(=O)[O][Eu]([O]C(=O)c2cccc(C(=O)[O-])n2)[O]C(=O)c2cccc(C(=O)[O-])n2)n1.[Na+].[Na+].[Na+]. The molecule has 3 heterocycles. The van der Waals surface area contributed by atoms with Crippen LogP contribution in [-0.4, -0.2) is 50.8 Å². The fraction of sp³-hybridized carbons (Fsp3) is 0. The first-order valence-electron chi connectivity index (χ1n) is 9.49. The second kappa shape index (κ2) is 18.4. The number of pyridine rings is 3. The molecule has 0 radical (unpaired) electrons. The third-order valence-electron chi connectivity index (χ3n) is 3.90. The van der Waals surface area contributed by atoms with Crippen LogP contribution in [0.1, 0.15) is 62.9 Å². The van der Waals surface area contributed by atoms with E-state index in [1.165, 1.54) is 0 Å². The van der Waals surface area contributed by atoms with Gasteiger partial charge in [0.05, 0.1) is 0 Å². The maximum Gasteiger partial charge on any atom is 1.00 e. The molecule has 0 aliphatic carbocycles. The second-order valence-corrected chi connectivity index (χ2v) is 9.07. The predicted octanol–water partition coefficient (Wildman–Crippen LogP) is -11.8. The number of carbonyl (C=O) groups excluding carboxylic acids is 6. The van der Waals surface area contributed by atoms with Crippen LogP contribution in [-0.2, 0) is -0.0181 Å². The number of carboxylic acid groups (broad SMARTS) is 3. The van der Waals surface area contributed by atoms with E-state index in [4.69, 9.17) is -0.0181 Å². The van der Waals surface area contributed by atoms with Gasteiger partial charge in [-0.1, -0.05) is 0 Å². The molecule has 0 atom stereocenters. The van der Waals surface area contributed by atoms with Crippen LogP contribution in [0.2, 0.25) is 0 Å². The van der Waals surface area contributed by atoms with Gasteiger partial charge in [0, 0.05) is 0 Å². The minimum absolute atomic E-state index is 0. The molecule has 0 aliphatic rings. The number of carboxylic acids is 3. The standard InChI is InChI=1S/3C7H5NO4.Eu.3Na/c3*9-6(10)4-2-1-3-5(8-4)7(11)12;;;;/h3*1-3H,(H,9,10)(H,11,12);;;;/q;;;+3;3*+1/p-6. The molecule has 15 nitrogen and oxygen atoms in total. The molecule has 0 aliphatic heterocycles. The summed E-state index contributed by atoms with van der Waals surface area (Å²) in [5.41, 5.74) is -3.59. The Labute approximate surface area is 311 Å². The van der Waals surface area contributed by atoms with Crippen molar-refractivity contribution in [2.24, 2.45) is 0 Å². The fourth-order valence-electron chi connectivity index (χ4n) is 2.32. The fourth-order valence-corrected chi connectivity index (χ4v) is 4.49. The van der Waals surface area contributed by atoms with Crippen LogP contribution < -0.4 is 104 Å². The van der Waals surface area contributed by atoms with Gasteiger partial charge < -0.3 is 0 Å². The Morgan fingerprint density at radius 3 is 0.925 bits per heavy atom. The van der Waals surface area contributed by atoms with Gasteiger partial charge in [-0.05, 0) is 0 Å². The zero-order valence-electron chi connectivity index (χ0n) is 20.8. The molecular weight excluding hydrogens is 707 g/mol. The molecule has 0 bridgehead atoms. The molecule has 3 aromatic heterocycles. The Bertz CT molecular complexity index is 1270. The normalized spacial score (nSPS) is 9.75. The monoisotopic (exact) mass is 717 g/mol. The molecule has 0 saturated carbocycles. The maximum absolute atomic E-state index is 12.5. The third-order valence-corrected chi connectivity index (χ3v) is 6.46. The summed E-state index contributed by atoms with van der Waals surface area (Å²) < 4.78 is 14.9. The maximum atomic E-state index is 12.5. The molecule has 0 amide bonds. The average molecular weight is 716 g/mol. The molecule has 0 spiro atoms. The van der Waals surface area contributed by atoms with Gasteiger partial charge in [-0.3, -0.25) is 0 Å². The van der Waals surface area contributed by atoms with Gasteiger partial charge in [0.1, 0.15) is 0 Å². The topological polar surface area (TPSA) is 238 Å². The van der Waals surface area contributed by atoms with E-state index in [0.29, 0.717) is 0 Å².